The van der Waals surface area contributed by atoms with Crippen LogP contribution in [0.4, 0.5) is 5.69 Å². The number of amidine groups is 1. The van der Waals surface area contributed by atoms with Crippen LogP contribution in [0.25, 0.3) is 0 Å². The summed E-state index contributed by atoms with van der Waals surface area (Å²) in [5.41, 5.74) is 7.21. The topological polar surface area (TPSA) is 97.3 Å². The number of nitrogens with two attached hydrogens (primary N) is 1. The molecule has 162 valence electrons. The molecular weight excluding hydrogens is 436 g/mol. The number of thioether (sulfide) groups is 1. The minimum Gasteiger partial charge on any atom is -0.494 e. The summed E-state index contributed by atoms with van der Waals surface area (Å²) in [4.78, 5) is 26.4. The number of ether oxygens (including phenoxy) is 1. The van der Waals surface area contributed by atoms with E-state index in [9.17, 15) is 9.59 Å². The van der Waals surface area contributed by atoms with E-state index < -0.39 is 5.25 Å². The summed E-state index contributed by atoms with van der Waals surface area (Å²) in [6.45, 7) is 2.73. The van der Waals surface area contributed by atoms with Crippen molar-refractivity contribution in [3.63, 3.8) is 0 Å². The number of hydrogen-bond donors (Lipinski definition) is 1. The van der Waals surface area contributed by atoms with E-state index in [1.807, 2.05) is 0 Å². The quantitative estimate of drug-likeness (QED) is 0.210. The second-order valence-electron chi connectivity index (χ2n) is 6.81. The predicted octanol–water partition coefficient (Wildman–Crippen LogP) is 4.23. The molecule has 2 aromatic carbocycles. The SMILES string of the molecule is CCCCOc1ccc(N2C(=O)CC(SC(N)=N/N=C/c3ccc(Cl)cc3)C2=O)cc1. The molecule has 2 N–H and O–H groups in total. The number of unbranched alkanes of at least 4 members (excludes halogenated alkanes) is 1. The summed E-state index contributed by atoms with van der Waals surface area (Å²) in [6.07, 6.45) is 3.60. The Morgan fingerprint density at radius 1 is 1.23 bits per heavy atom. The van der Waals surface area contributed by atoms with E-state index >= 15 is 0 Å². The summed E-state index contributed by atoms with van der Waals surface area (Å²) in [5.74, 6) is 0.103. The lowest BCUT2D eigenvalue weighted by molar-refractivity contribution is -0.121. The third-order valence-electron chi connectivity index (χ3n) is 4.46. The average Bonchev–Trinajstić information content (AvgIpc) is 3.03. The highest BCUT2D eigenvalue weighted by atomic mass is 35.5. The number of carbonyl (C=O) groups excluding carboxylic acids is 2. The van der Waals surface area contributed by atoms with Crippen molar-refractivity contribution in [3.05, 3.63) is 59.1 Å². The molecule has 0 radical (unpaired) electrons. The maximum absolute atomic E-state index is 12.8. The zero-order valence-corrected chi connectivity index (χ0v) is 18.6. The van der Waals surface area contributed by atoms with Crippen LogP contribution in [0.2, 0.25) is 5.02 Å². The smallest absolute Gasteiger partial charge is 0.247 e. The summed E-state index contributed by atoms with van der Waals surface area (Å²) in [7, 11) is 0. The number of rotatable bonds is 8. The van der Waals surface area contributed by atoms with Gasteiger partial charge < -0.3 is 10.5 Å². The largest absolute Gasteiger partial charge is 0.494 e. The Hall–Kier alpha value is -2.84. The molecule has 0 bridgehead atoms. The maximum atomic E-state index is 12.8. The van der Waals surface area contributed by atoms with Gasteiger partial charge in [-0.25, -0.2) is 4.90 Å². The first kappa shape index (κ1) is 22.8. The van der Waals surface area contributed by atoms with Crippen LogP contribution in [-0.4, -0.2) is 35.1 Å². The van der Waals surface area contributed by atoms with E-state index in [-0.39, 0.29) is 23.4 Å². The van der Waals surface area contributed by atoms with Gasteiger partial charge in [0, 0.05) is 11.4 Å². The van der Waals surface area contributed by atoms with Crippen molar-refractivity contribution in [1.82, 2.24) is 0 Å². The molecule has 7 nitrogen and oxygen atoms in total. The first-order chi connectivity index (χ1) is 15.0. The van der Waals surface area contributed by atoms with Gasteiger partial charge in [0.25, 0.3) is 0 Å². The maximum Gasteiger partial charge on any atom is 0.247 e. The van der Waals surface area contributed by atoms with Crippen LogP contribution in [-0.2, 0) is 9.59 Å². The summed E-state index contributed by atoms with van der Waals surface area (Å²) in [6, 6.07) is 14.0. The number of nitrogens with zero attached hydrogens (tertiary/aromatic N) is 3. The number of hydrogen-bond acceptors (Lipinski definition) is 6. The highest BCUT2D eigenvalue weighted by Gasteiger charge is 2.40. The molecule has 0 aromatic heterocycles. The monoisotopic (exact) mass is 458 g/mol. The van der Waals surface area contributed by atoms with Gasteiger partial charge in [0.05, 0.1) is 18.5 Å². The minimum atomic E-state index is -0.637. The lowest BCUT2D eigenvalue weighted by atomic mass is 10.2. The van der Waals surface area contributed by atoms with E-state index in [0.717, 1.165) is 30.2 Å². The van der Waals surface area contributed by atoms with Crippen LogP contribution >= 0.6 is 23.4 Å². The number of halogens is 1. The molecule has 1 aliphatic rings. The Bertz CT molecular complexity index is 977. The lowest BCUT2D eigenvalue weighted by Crippen LogP contribution is -2.31. The van der Waals surface area contributed by atoms with Crippen molar-refractivity contribution in [3.8, 4) is 5.75 Å². The van der Waals surface area contributed by atoms with E-state index in [1.54, 1.807) is 48.5 Å². The standard InChI is InChI=1S/C22H23ClN4O3S/c1-2-3-12-30-18-10-8-17(9-11-18)27-20(28)13-19(21(27)29)31-22(24)26-25-14-15-4-6-16(23)7-5-15/h4-11,14,19H,2-3,12-13H2,1H3,(H2,24,26)/b25-14+. The second kappa shape index (κ2) is 11.0. The molecule has 1 atom stereocenters. The molecule has 0 spiro atoms. The van der Waals surface area contributed by atoms with Gasteiger partial charge in [-0.3, -0.25) is 9.59 Å². The van der Waals surface area contributed by atoms with Gasteiger partial charge in [-0.2, -0.15) is 5.10 Å². The van der Waals surface area contributed by atoms with Crippen LogP contribution in [0, 0.1) is 0 Å². The highest BCUT2D eigenvalue weighted by molar-refractivity contribution is 8.14. The van der Waals surface area contributed by atoms with Gasteiger partial charge in [-0.1, -0.05) is 48.8 Å². The molecule has 1 fully saturated rings. The molecule has 0 saturated carbocycles. The van der Waals surface area contributed by atoms with Gasteiger partial charge in [0.15, 0.2) is 5.17 Å². The van der Waals surface area contributed by atoms with Crippen LogP contribution in [0.1, 0.15) is 31.7 Å². The van der Waals surface area contributed by atoms with Crippen molar-refractivity contribution in [2.24, 2.45) is 15.9 Å². The Labute approximate surface area is 190 Å². The van der Waals surface area contributed by atoms with Crippen molar-refractivity contribution >= 4 is 52.2 Å². The molecule has 9 heteroatoms. The fraction of sp³-hybridized carbons (Fsp3) is 0.273. The van der Waals surface area contributed by atoms with Crippen molar-refractivity contribution in [1.29, 1.82) is 0 Å². The predicted molar refractivity (Wildman–Crippen MR) is 126 cm³/mol. The zero-order chi connectivity index (χ0) is 22.2. The number of amides is 2. The molecule has 2 amide bonds. The van der Waals surface area contributed by atoms with E-state index in [4.69, 9.17) is 22.1 Å². The first-order valence-corrected chi connectivity index (χ1v) is 11.1. The minimum absolute atomic E-state index is 0.0510. The molecule has 0 aliphatic carbocycles. The summed E-state index contributed by atoms with van der Waals surface area (Å²) < 4.78 is 5.62. The fourth-order valence-electron chi connectivity index (χ4n) is 2.86. The molecular formula is C22H23ClN4O3S. The summed E-state index contributed by atoms with van der Waals surface area (Å²) >= 11 is 6.87. The molecule has 2 aromatic rings. The molecule has 3 rings (SSSR count). The molecule has 1 heterocycles. The first-order valence-electron chi connectivity index (χ1n) is 9.86. The van der Waals surface area contributed by atoms with Crippen molar-refractivity contribution < 1.29 is 14.3 Å². The number of carbonyl (C=O) groups is 2. The van der Waals surface area contributed by atoms with Gasteiger partial charge in [0.1, 0.15) is 11.0 Å². The molecule has 1 saturated heterocycles. The van der Waals surface area contributed by atoms with Crippen LogP contribution < -0.4 is 15.4 Å². The van der Waals surface area contributed by atoms with Crippen LogP contribution in [0.15, 0.2) is 58.7 Å². The van der Waals surface area contributed by atoms with Crippen LogP contribution in [0.3, 0.4) is 0 Å². The van der Waals surface area contributed by atoms with E-state index in [1.165, 1.54) is 11.1 Å². The van der Waals surface area contributed by atoms with Gasteiger partial charge in [0.2, 0.25) is 11.8 Å². The van der Waals surface area contributed by atoms with Gasteiger partial charge >= 0.3 is 0 Å². The van der Waals surface area contributed by atoms with Gasteiger partial charge in [-0.15, -0.1) is 5.10 Å². The number of anilines is 1. The van der Waals surface area contributed by atoms with Crippen LogP contribution in [0.5, 0.6) is 5.75 Å². The Kier molecular flexibility index (Phi) is 8.08. The summed E-state index contributed by atoms with van der Waals surface area (Å²) in [5, 5.41) is 7.93. The average molecular weight is 459 g/mol. The second-order valence-corrected chi connectivity index (χ2v) is 8.47. The fourth-order valence-corrected chi connectivity index (χ4v) is 3.81. The third-order valence-corrected chi connectivity index (χ3v) is 5.69. The van der Waals surface area contributed by atoms with Crippen molar-refractivity contribution in [2.75, 3.05) is 11.5 Å². The van der Waals surface area contributed by atoms with Gasteiger partial charge in [-0.05, 0) is 48.4 Å². The van der Waals surface area contributed by atoms with Crippen molar-refractivity contribution in [2.45, 2.75) is 31.4 Å². The number of imide groups is 1. The van der Waals surface area contributed by atoms with E-state index in [0.29, 0.717) is 23.1 Å². The highest BCUT2D eigenvalue weighted by Crippen LogP contribution is 2.30. The zero-order valence-electron chi connectivity index (χ0n) is 17.0. The normalized spacial score (nSPS) is 17.0. The third kappa shape index (κ3) is 6.32. The Morgan fingerprint density at radius 3 is 2.61 bits per heavy atom. The Morgan fingerprint density at radius 2 is 1.94 bits per heavy atom. The number of benzene rings is 2. The molecule has 1 unspecified atom stereocenters. The molecule has 31 heavy (non-hydrogen) atoms. The lowest BCUT2D eigenvalue weighted by Gasteiger charge is -2.15. The Balaban J connectivity index is 1.59. The molecule has 1 aliphatic heterocycles. The van der Waals surface area contributed by atoms with E-state index in [2.05, 4.69) is 17.1 Å².